The molecule has 1 unspecified atom stereocenters. The Morgan fingerprint density at radius 1 is 1.02 bits per heavy atom. The van der Waals surface area contributed by atoms with Crippen molar-refractivity contribution in [3.05, 3.63) is 93.5 Å². The number of rotatable bonds is 14. The van der Waals surface area contributed by atoms with E-state index in [1.165, 1.54) is 43.2 Å². The normalized spacial score (nSPS) is 11.8. The summed E-state index contributed by atoms with van der Waals surface area (Å²) in [5.74, 6) is -0.515. The Bertz CT molecular complexity index is 1540. The van der Waals surface area contributed by atoms with Crippen LogP contribution in [-0.2, 0) is 26.2 Å². The molecule has 0 aliphatic heterocycles. The van der Waals surface area contributed by atoms with Gasteiger partial charge in [-0.05, 0) is 63.1 Å². The van der Waals surface area contributed by atoms with Crippen LogP contribution < -0.4 is 14.4 Å². The highest BCUT2D eigenvalue weighted by Crippen LogP contribution is 2.29. The summed E-state index contributed by atoms with van der Waals surface area (Å²) in [4.78, 5) is 39.0. The average Bonchev–Trinajstić information content (AvgIpc) is 2.99. The Labute approximate surface area is 252 Å². The summed E-state index contributed by atoms with van der Waals surface area (Å²) in [7, 11) is -3.01. The van der Waals surface area contributed by atoms with Gasteiger partial charge in [-0.3, -0.25) is 24.0 Å². The van der Waals surface area contributed by atoms with Crippen molar-refractivity contribution in [3.63, 3.8) is 0 Å². The first-order valence-corrected chi connectivity index (χ1v) is 15.4. The summed E-state index contributed by atoms with van der Waals surface area (Å²) < 4.78 is 34.2. The van der Waals surface area contributed by atoms with Crippen LogP contribution in [0.2, 0.25) is 0 Å². The summed E-state index contributed by atoms with van der Waals surface area (Å²) in [5, 5.41) is 14.4. The molecule has 230 valence electrons. The number of nitrogens with zero attached hydrogens (tertiary/aromatic N) is 3. The minimum absolute atomic E-state index is 0.0635. The maximum Gasteiger partial charge on any atom is 0.273 e. The lowest BCUT2D eigenvalue weighted by molar-refractivity contribution is -0.385. The lowest BCUT2D eigenvalue weighted by atomic mass is 10.1. The maximum atomic E-state index is 14.0. The van der Waals surface area contributed by atoms with Gasteiger partial charge >= 0.3 is 0 Å². The van der Waals surface area contributed by atoms with Crippen LogP contribution in [0.4, 0.5) is 11.4 Å². The second kappa shape index (κ2) is 14.6. The van der Waals surface area contributed by atoms with Crippen LogP contribution in [-0.4, -0.2) is 56.3 Å². The van der Waals surface area contributed by atoms with Crippen molar-refractivity contribution in [3.8, 4) is 5.75 Å². The van der Waals surface area contributed by atoms with Crippen molar-refractivity contribution in [1.82, 2.24) is 10.2 Å². The number of carbonyl (C=O) groups is 2. The van der Waals surface area contributed by atoms with E-state index < -0.39 is 33.4 Å². The van der Waals surface area contributed by atoms with E-state index in [2.05, 4.69) is 5.32 Å². The fourth-order valence-corrected chi connectivity index (χ4v) is 5.79. The largest absolute Gasteiger partial charge is 0.497 e. The van der Waals surface area contributed by atoms with Crippen molar-refractivity contribution < 1.29 is 27.7 Å². The highest BCUT2D eigenvalue weighted by atomic mass is 32.2. The van der Waals surface area contributed by atoms with Gasteiger partial charge in [-0.25, -0.2) is 8.42 Å². The smallest absolute Gasteiger partial charge is 0.273 e. The van der Waals surface area contributed by atoms with Crippen molar-refractivity contribution in [1.29, 1.82) is 0 Å². The van der Waals surface area contributed by atoms with Gasteiger partial charge in [0.2, 0.25) is 11.8 Å². The zero-order valence-electron chi connectivity index (χ0n) is 25.1. The number of unbranched alkanes of at least 4 members (excludes halogenated alkanes) is 1. The van der Waals surface area contributed by atoms with Crippen LogP contribution in [0.1, 0.15) is 43.4 Å². The maximum absolute atomic E-state index is 14.0. The molecule has 2 amide bonds. The molecule has 3 rings (SSSR count). The number of hydrogen-bond acceptors (Lipinski definition) is 7. The number of sulfonamides is 1. The standard InChI is InChI=1S/C31H38N4O7S/c1-6-7-18-32-31(37)24(4)33(20-25-11-8-22(2)9-12-25)30(36)21-34(26-13-15-27(42-5)16-14-26)43(40,41)28-17-10-23(3)29(19-28)35(38)39/h8-17,19,24H,6-7,18,20-21H2,1-5H3,(H,32,37). The number of hydrogen-bond donors (Lipinski definition) is 1. The lowest BCUT2D eigenvalue weighted by Gasteiger charge is -2.32. The highest BCUT2D eigenvalue weighted by molar-refractivity contribution is 7.92. The molecular formula is C31H38N4O7S. The molecular weight excluding hydrogens is 572 g/mol. The number of anilines is 1. The fraction of sp³-hybridized carbons (Fsp3) is 0.355. The summed E-state index contributed by atoms with van der Waals surface area (Å²) in [6, 6.07) is 16.2. The predicted molar refractivity (Wildman–Crippen MR) is 164 cm³/mol. The van der Waals surface area contributed by atoms with Gasteiger partial charge in [0.1, 0.15) is 18.3 Å². The predicted octanol–water partition coefficient (Wildman–Crippen LogP) is 4.75. The molecule has 0 heterocycles. The number of nitro groups is 1. The number of methoxy groups -OCH3 is 1. The number of carbonyl (C=O) groups excluding carboxylic acids is 2. The van der Waals surface area contributed by atoms with Crippen LogP contribution in [0.15, 0.2) is 71.6 Å². The third-order valence-electron chi connectivity index (χ3n) is 7.07. The minimum Gasteiger partial charge on any atom is -0.497 e. The highest BCUT2D eigenvalue weighted by Gasteiger charge is 2.33. The third kappa shape index (κ3) is 8.31. The van der Waals surface area contributed by atoms with E-state index in [1.807, 2.05) is 38.1 Å². The van der Waals surface area contributed by atoms with Crippen molar-refractivity contribution in [2.75, 3.05) is 24.5 Å². The van der Waals surface area contributed by atoms with Gasteiger partial charge in [-0.15, -0.1) is 0 Å². The molecule has 1 N–H and O–H groups in total. The number of nitrogens with one attached hydrogen (secondary N) is 1. The zero-order valence-corrected chi connectivity index (χ0v) is 25.9. The molecule has 0 radical (unpaired) electrons. The van der Waals surface area contributed by atoms with E-state index in [1.54, 1.807) is 19.1 Å². The summed E-state index contributed by atoms with van der Waals surface area (Å²) in [6.45, 7) is 6.90. The number of aryl methyl sites for hydroxylation is 2. The first-order valence-electron chi connectivity index (χ1n) is 13.9. The van der Waals surface area contributed by atoms with E-state index in [9.17, 15) is 28.1 Å². The SMILES string of the molecule is CCCCNC(=O)C(C)N(Cc1ccc(C)cc1)C(=O)CN(c1ccc(OC)cc1)S(=O)(=O)c1ccc(C)c([N+](=O)[O-])c1. The first kappa shape index (κ1) is 33.1. The molecule has 0 saturated carbocycles. The van der Waals surface area contributed by atoms with Gasteiger partial charge in [-0.2, -0.15) is 0 Å². The zero-order chi connectivity index (χ0) is 31.7. The molecule has 0 aliphatic rings. The number of nitro benzene ring substituents is 1. The molecule has 0 spiro atoms. The lowest BCUT2D eigenvalue weighted by Crippen LogP contribution is -2.51. The van der Waals surface area contributed by atoms with E-state index in [-0.39, 0.29) is 28.7 Å². The van der Waals surface area contributed by atoms with Crippen LogP contribution in [0.5, 0.6) is 5.75 Å². The number of amides is 2. The Hall–Kier alpha value is -4.45. The van der Waals surface area contributed by atoms with E-state index in [0.717, 1.165) is 34.3 Å². The molecule has 1 atom stereocenters. The Kier molecular flexibility index (Phi) is 11.2. The molecule has 0 fully saturated rings. The monoisotopic (exact) mass is 610 g/mol. The van der Waals surface area contributed by atoms with Crippen molar-refractivity contribution in [2.24, 2.45) is 0 Å². The first-order chi connectivity index (χ1) is 20.4. The molecule has 43 heavy (non-hydrogen) atoms. The molecule has 0 bridgehead atoms. The average molecular weight is 611 g/mol. The van der Waals surface area contributed by atoms with Crippen molar-refractivity contribution in [2.45, 2.75) is 58.0 Å². The van der Waals surface area contributed by atoms with Gasteiger partial charge in [0, 0.05) is 24.7 Å². The number of ether oxygens (including phenoxy) is 1. The molecule has 3 aromatic rings. The molecule has 12 heteroatoms. The van der Waals surface area contributed by atoms with E-state index in [4.69, 9.17) is 4.74 Å². The van der Waals surface area contributed by atoms with Gasteiger partial charge in [0.05, 0.1) is 22.6 Å². The topological polar surface area (TPSA) is 139 Å². The minimum atomic E-state index is -4.48. The molecule has 0 saturated heterocycles. The van der Waals surface area contributed by atoms with Gasteiger partial charge < -0.3 is 15.0 Å². The summed E-state index contributed by atoms with van der Waals surface area (Å²) in [6.07, 6.45) is 1.66. The van der Waals surface area contributed by atoms with Crippen molar-refractivity contribution >= 4 is 33.2 Å². The van der Waals surface area contributed by atoms with Gasteiger partial charge in [-0.1, -0.05) is 49.2 Å². The Balaban J connectivity index is 2.06. The fourth-order valence-electron chi connectivity index (χ4n) is 4.36. The Morgan fingerprint density at radius 2 is 1.67 bits per heavy atom. The van der Waals surface area contributed by atoms with Crippen LogP contribution >= 0.6 is 0 Å². The third-order valence-corrected chi connectivity index (χ3v) is 8.84. The summed E-state index contributed by atoms with van der Waals surface area (Å²) in [5.41, 5.74) is 1.87. The van der Waals surface area contributed by atoms with Crippen LogP contribution in [0, 0.1) is 24.0 Å². The molecule has 0 aliphatic carbocycles. The molecule has 0 aromatic heterocycles. The Morgan fingerprint density at radius 3 is 2.26 bits per heavy atom. The second-order valence-electron chi connectivity index (χ2n) is 10.2. The second-order valence-corrected chi connectivity index (χ2v) is 12.1. The molecule has 3 aromatic carbocycles. The van der Waals surface area contributed by atoms with E-state index >= 15 is 0 Å². The van der Waals surface area contributed by atoms with E-state index in [0.29, 0.717) is 17.9 Å². The summed E-state index contributed by atoms with van der Waals surface area (Å²) >= 11 is 0. The number of benzene rings is 3. The molecule has 11 nitrogen and oxygen atoms in total. The quantitative estimate of drug-likeness (QED) is 0.158. The van der Waals surface area contributed by atoms with Gasteiger partial charge in [0.15, 0.2) is 0 Å². The van der Waals surface area contributed by atoms with Crippen LogP contribution in [0.3, 0.4) is 0 Å². The van der Waals surface area contributed by atoms with Crippen LogP contribution in [0.25, 0.3) is 0 Å². The van der Waals surface area contributed by atoms with Gasteiger partial charge in [0.25, 0.3) is 15.7 Å².